The van der Waals surface area contributed by atoms with Crippen LogP contribution in [0, 0.1) is 11.8 Å². The van der Waals surface area contributed by atoms with Gasteiger partial charge in [-0.1, -0.05) is 35.9 Å². The summed E-state index contributed by atoms with van der Waals surface area (Å²) >= 11 is 0. The highest BCUT2D eigenvalue weighted by atomic mass is 16.1. The smallest absolute Gasteiger partial charge is 0.243 e. The van der Waals surface area contributed by atoms with E-state index in [-0.39, 0.29) is 5.91 Å². The maximum Gasteiger partial charge on any atom is 0.243 e. The van der Waals surface area contributed by atoms with Crippen molar-refractivity contribution < 1.29 is 4.79 Å². The summed E-state index contributed by atoms with van der Waals surface area (Å²) in [5.41, 5.74) is 2.66. The molecule has 2 fully saturated rings. The van der Waals surface area contributed by atoms with Crippen molar-refractivity contribution in [2.45, 2.75) is 32.6 Å². The summed E-state index contributed by atoms with van der Waals surface area (Å²) in [7, 11) is 0. The maximum atomic E-state index is 11.9. The molecule has 3 rings (SSSR count). The number of hydrogen-bond donors (Lipinski definition) is 1. The molecule has 0 unspecified atom stereocenters. The number of benzene rings is 1. The lowest BCUT2D eigenvalue weighted by Crippen LogP contribution is -2.30. The number of nitrogens with zero attached hydrogens (tertiary/aromatic N) is 1. The van der Waals surface area contributed by atoms with E-state index in [1.807, 2.05) is 0 Å². The van der Waals surface area contributed by atoms with E-state index in [2.05, 4.69) is 47.5 Å². The first kappa shape index (κ1) is 16.3. The minimum absolute atomic E-state index is 0.0946. The van der Waals surface area contributed by atoms with E-state index in [4.69, 9.17) is 0 Å². The van der Waals surface area contributed by atoms with Gasteiger partial charge in [-0.3, -0.25) is 4.79 Å². The Labute approximate surface area is 139 Å². The number of rotatable bonds is 7. The molecule has 1 saturated heterocycles. The first-order valence-electron chi connectivity index (χ1n) is 8.93. The van der Waals surface area contributed by atoms with Crippen LogP contribution in [0.3, 0.4) is 0 Å². The lowest BCUT2D eigenvalue weighted by Gasteiger charge is -2.16. The summed E-state index contributed by atoms with van der Waals surface area (Å²) < 4.78 is 0. The topological polar surface area (TPSA) is 32.3 Å². The standard InChI is InChI=1S/C20H28N2O/c1-16(19-7-8-19)13-20(23)21-14-18-10-12-22(15-18)11-9-17-5-3-2-4-6-17/h2-6,13,18-19H,7-12,14-15H2,1H3,(H,21,23)/b16-13-/t18-/m1/s1. The van der Waals surface area contributed by atoms with Gasteiger partial charge in [0, 0.05) is 25.7 Å². The van der Waals surface area contributed by atoms with Gasteiger partial charge in [0.05, 0.1) is 0 Å². The van der Waals surface area contributed by atoms with E-state index in [1.54, 1.807) is 6.08 Å². The maximum absolute atomic E-state index is 11.9. The van der Waals surface area contributed by atoms with Crippen molar-refractivity contribution in [2.24, 2.45) is 11.8 Å². The fraction of sp³-hybridized carbons (Fsp3) is 0.550. The van der Waals surface area contributed by atoms with Crippen molar-refractivity contribution in [3.63, 3.8) is 0 Å². The lowest BCUT2D eigenvalue weighted by molar-refractivity contribution is -0.116. The molecule has 1 atom stereocenters. The van der Waals surface area contributed by atoms with Gasteiger partial charge < -0.3 is 10.2 Å². The van der Waals surface area contributed by atoms with Gasteiger partial charge in [-0.15, -0.1) is 0 Å². The molecule has 2 aliphatic rings. The average molecular weight is 312 g/mol. The zero-order chi connectivity index (χ0) is 16.1. The van der Waals surface area contributed by atoms with Crippen molar-refractivity contribution in [3.05, 3.63) is 47.5 Å². The van der Waals surface area contributed by atoms with Gasteiger partial charge in [0.15, 0.2) is 0 Å². The van der Waals surface area contributed by atoms with Crippen molar-refractivity contribution in [3.8, 4) is 0 Å². The van der Waals surface area contributed by atoms with E-state index in [1.165, 1.54) is 30.4 Å². The van der Waals surface area contributed by atoms with Crippen molar-refractivity contribution in [1.29, 1.82) is 0 Å². The molecule has 1 aromatic rings. The SMILES string of the molecule is C/C(=C/C(=O)NC[C@H]1CCN(CCc2ccccc2)C1)C1CC1. The molecule has 1 aliphatic heterocycles. The van der Waals surface area contributed by atoms with Gasteiger partial charge >= 0.3 is 0 Å². The first-order valence-corrected chi connectivity index (χ1v) is 8.93. The van der Waals surface area contributed by atoms with Crippen LogP contribution in [0.2, 0.25) is 0 Å². The Hall–Kier alpha value is -1.61. The van der Waals surface area contributed by atoms with Gasteiger partial charge in [-0.2, -0.15) is 0 Å². The summed E-state index contributed by atoms with van der Waals surface area (Å²) in [6.07, 6.45) is 6.63. The van der Waals surface area contributed by atoms with Crippen LogP contribution in [0.1, 0.15) is 31.7 Å². The molecular formula is C20H28N2O. The molecule has 23 heavy (non-hydrogen) atoms. The minimum atomic E-state index is 0.0946. The predicted octanol–water partition coefficient (Wildman–Crippen LogP) is 3.02. The third-order valence-corrected chi connectivity index (χ3v) is 5.07. The molecule has 1 aliphatic carbocycles. The number of hydrogen-bond acceptors (Lipinski definition) is 2. The number of carbonyl (C=O) groups is 1. The summed E-state index contributed by atoms with van der Waals surface area (Å²) in [4.78, 5) is 14.5. The van der Waals surface area contributed by atoms with Crippen molar-refractivity contribution >= 4 is 5.91 Å². The lowest BCUT2D eigenvalue weighted by atomic mass is 10.1. The second-order valence-electron chi connectivity index (χ2n) is 7.10. The van der Waals surface area contributed by atoms with Crippen molar-refractivity contribution in [2.75, 3.05) is 26.2 Å². The molecule has 0 bridgehead atoms. The van der Waals surface area contributed by atoms with Crippen LogP contribution in [0.5, 0.6) is 0 Å². The molecule has 1 aromatic carbocycles. The van der Waals surface area contributed by atoms with Crippen LogP contribution < -0.4 is 5.32 Å². The second-order valence-corrected chi connectivity index (χ2v) is 7.10. The van der Waals surface area contributed by atoms with Gasteiger partial charge in [0.2, 0.25) is 5.91 Å². The fourth-order valence-electron chi connectivity index (χ4n) is 3.37. The van der Waals surface area contributed by atoms with Gasteiger partial charge in [0.25, 0.3) is 0 Å². The molecule has 1 amide bonds. The van der Waals surface area contributed by atoms with Crippen LogP contribution in [0.25, 0.3) is 0 Å². The fourth-order valence-corrected chi connectivity index (χ4v) is 3.37. The summed E-state index contributed by atoms with van der Waals surface area (Å²) in [6, 6.07) is 10.7. The Kier molecular flexibility index (Phi) is 5.50. The van der Waals surface area contributed by atoms with Gasteiger partial charge in [-0.25, -0.2) is 0 Å². The Morgan fingerprint density at radius 1 is 1.26 bits per heavy atom. The summed E-state index contributed by atoms with van der Waals surface area (Å²) in [6.45, 7) is 6.28. The molecule has 1 N–H and O–H groups in total. The molecule has 0 radical (unpaired) electrons. The van der Waals surface area contributed by atoms with Gasteiger partial charge in [-0.05, 0) is 56.6 Å². The molecule has 1 heterocycles. The molecule has 0 aromatic heterocycles. The second kappa shape index (κ2) is 7.78. The van der Waals surface area contributed by atoms with E-state index in [0.29, 0.717) is 11.8 Å². The molecule has 3 nitrogen and oxygen atoms in total. The molecule has 124 valence electrons. The van der Waals surface area contributed by atoms with E-state index in [0.717, 1.165) is 32.6 Å². The van der Waals surface area contributed by atoms with E-state index < -0.39 is 0 Å². The van der Waals surface area contributed by atoms with Crippen LogP contribution in [0.15, 0.2) is 42.0 Å². The first-order chi connectivity index (χ1) is 11.2. The van der Waals surface area contributed by atoms with Crippen LogP contribution >= 0.6 is 0 Å². The number of likely N-dealkylation sites (tertiary alicyclic amines) is 1. The molecular weight excluding hydrogens is 284 g/mol. The Morgan fingerprint density at radius 2 is 2.04 bits per heavy atom. The number of amides is 1. The monoisotopic (exact) mass is 312 g/mol. The van der Waals surface area contributed by atoms with E-state index >= 15 is 0 Å². The predicted molar refractivity (Wildman–Crippen MR) is 94.2 cm³/mol. The zero-order valence-electron chi connectivity index (χ0n) is 14.1. The van der Waals surface area contributed by atoms with Crippen LogP contribution in [0.4, 0.5) is 0 Å². The third-order valence-electron chi connectivity index (χ3n) is 5.07. The molecule has 0 spiro atoms. The number of allylic oxidation sites excluding steroid dienone is 1. The quantitative estimate of drug-likeness (QED) is 0.785. The Balaban J connectivity index is 1.35. The minimum Gasteiger partial charge on any atom is -0.352 e. The highest BCUT2D eigenvalue weighted by molar-refractivity contribution is 5.88. The highest BCUT2D eigenvalue weighted by Crippen LogP contribution is 2.35. The third kappa shape index (κ3) is 5.21. The molecule has 1 saturated carbocycles. The molecule has 3 heteroatoms. The van der Waals surface area contributed by atoms with Crippen molar-refractivity contribution in [1.82, 2.24) is 10.2 Å². The summed E-state index contributed by atoms with van der Waals surface area (Å²) in [5, 5.41) is 3.09. The highest BCUT2D eigenvalue weighted by Gasteiger charge is 2.24. The van der Waals surface area contributed by atoms with Crippen LogP contribution in [-0.4, -0.2) is 37.0 Å². The Morgan fingerprint density at radius 3 is 2.78 bits per heavy atom. The summed E-state index contributed by atoms with van der Waals surface area (Å²) in [5.74, 6) is 1.38. The largest absolute Gasteiger partial charge is 0.352 e. The van der Waals surface area contributed by atoms with Gasteiger partial charge in [0.1, 0.15) is 0 Å². The normalized spacial score (nSPS) is 22.3. The number of carbonyl (C=O) groups excluding carboxylic acids is 1. The van der Waals surface area contributed by atoms with E-state index in [9.17, 15) is 4.79 Å². The number of nitrogens with one attached hydrogen (secondary N) is 1. The van der Waals surface area contributed by atoms with Crippen LogP contribution in [-0.2, 0) is 11.2 Å². The Bertz CT molecular complexity index is 548. The average Bonchev–Trinajstić information content (AvgIpc) is 3.32. The zero-order valence-corrected chi connectivity index (χ0v) is 14.1.